The molecule has 0 aromatic carbocycles. The van der Waals surface area contributed by atoms with Crippen LogP contribution in [-0.4, -0.2) is 5.55 Å². The van der Waals surface area contributed by atoms with E-state index in [0.717, 1.165) is 0 Å². The number of nitrogens with zero attached hydrogens (tertiary/aromatic N) is 1. The molecule has 0 saturated carbocycles. The van der Waals surface area contributed by atoms with Gasteiger partial charge in [-0.05, 0) is 30.4 Å². The van der Waals surface area contributed by atoms with Crippen molar-refractivity contribution in [1.82, 2.24) is 0 Å². The summed E-state index contributed by atoms with van der Waals surface area (Å²) in [6.45, 7) is 4.16. The van der Waals surface area contributed by atoms with Crippen LogP contribution in [0.5, 0.6) is 0 Å². The predicted octanol–water partition coefficient (Wildman–Crippen LogP) is 2.57. The van der Waals surface area contributed by atoms with Crippen molar-refractivity contribution in [3.05, 3.63) is 22.8 Å². The topological polar surface area (TPSA) is 12.4 Å². The molecule has 1 rings (SSSR count). The summed E-state index contributed by atoms with van der Waals surface area (Å²) in [7, 11) is 0. The lowest BCUT2D eigenvalue weighted by Crippen LogP contribution is -1.73. The first-order valence-corrected chi connectivity index (χ1v) is 3.76. The molecule has 0 saturated heterocycles. The van der Waals surface area contributed by atoms with Gasteiger partial charge in [0, 0.05) is 6.20 Å². The molecule has 1 aliphatic rings. The molecule has 0 bridgehead atoms. The van der Waals surface area contributed by atoms with Gasteiger partial charge in [-0.25, -0.2) is 0 Å². The first kappa shape index (κ1) is 6.62. The van der Waals surface area contributed by atoms with Crippen LogP contribution in [0.1, 0.15) is 13.8 Å². The number of thioether (sulfide) groups is 1. The summed E-state index contributed by atoms with van der Waals surface area (Å²) >= 11 is 1.62. The van der Waals surface area contributed by atoms with Gasteiger partial charge in [-0.3, -0.25) is 4.99 Å². The lowest BCUT2D eigenvalue weighted by molar-refractivity contribution is 1.33. The van der Waals surface area contributed by atoms with Crippen LogP contribution in [0.15, 0.2) is 27.7 Å². The molecule has 9 heavy (non-hydrogen) atoms. The molecule has 0 fully saturated rings. The van der Waals surface area contributed by atoms with Crippen molar-refractivity contribution in [2.24, 2.45) is 4.99 Å². The predicted molar refractivity (Wildman–Crippen MR) is 43.6 cm³/mol. The highest BCUT2D eigenvalue weighted by Crippen LogP contribution is 2.15. The zero-order valence-electron chi connectivity index (χ0n) is 5.59. The van der Waals surface area contributed by atoms with Gasteiger partial charge >= 0.3 is 0 Å². The maximum absolute atomic E-state index is 4.03. The maximum Gasteiger partial charge on any atom is 0.0638 e. The third-order valence-electron chi connectivity index (χ3n) is 1.26. The van der Waals surface area contributed by atoms with Gasteiger partial charge in [0.1, 0.15) is 0 Å². The molecule has 48 valence electrons. The summed E-state index contributed by atoms with van der Waals surface area (Å²) in [6.07, 6.45) is 1.88. The van der Waals surface area contributed by atoms with Crippen molar-refractivity contribution in [2.45, 2.75) is 13.8 Å². The molecular weight excluding hydrogens is 130 g/mol. The minimum atomic E-state index is 1.25. The van der Waals surface area contributed by atoms with Crippen molar-refractivity contribution < 1.29 is 0 Å². The second kappa shape index (κ2) is 2.87. The molecule has 1 heterocycles. The number of hydrogen-bond donors (Lipinski definition) is 0. The molecule has 0 aromatic rings. The minimum absolute atomic E-state index is 1.25. The highest BCUT2D eigenvalue weighted by atomic mass is 32.2. The lowest BCUT2D eigenvalue weighted by atomic mass is 10.2. The van der Waals surface area contributed by atoms with Crippen molar-refractivity contribution in [1.29, 1.82) is 0 Å². The van der Waals surface area contributed by atoms with Gasteiger partial charge in [-0.2, -0.15) is 0 Å². The molecule has 2 heteroatoms. The number of rotatable bonds is 0. The van der Waals surface area contributed by atoms with Gasteiger partial charge in [0.25, 0.3) is 0 Å². The Morgan fingerprint density at radius 2 is 2.11 bits per heavy atom. The van der Waals surface area contributed by atoms with Crippen LogP contribution in [0.25, 0.3) is 0 Å². The first-order chi connectivity index (χ1) is 4.30. The molecule has 1 nitrogen and oxygen atoms in total. The largest absolute Gasteiger partial charge is 0.257 e. The molecule has 0 spiro atoms. The second-order valence-corrected chi connectivity index (χ2v) is 2.72. The first-order valence-electron chi connectivity index (χ1n) is 2.82. The Bertz CT molecular complexity index is 189. The van der Waals surface area contributed by atoms with Crippen LogP contribution in [0, 0.1) is 0 Å². The van der Waals surface area contributed by atoms with Crippen LogP contribution < -0.4 is 0 Å². The summed E-state index contributed by atoms with van der Waals surface area (Å²) in [5, 5.41) is 2.10. The van der Waals surface area contributed by atoms with Gasteiger partial charge in [0.2, 0.25) is 0 Å². The summed E-state index contributed by atoms with van der Waals surface area (Å²) in [6, 6.07) is 0. The molecule has 0 aromatic heterocycles. The van der Waals surface area contributed by atoms with Gasteiger partial charge in [-0.15, -0.1) is 0 Å². The summed E-state index contributed by atoms with van der Waals surface area (Å²) in [5.41, 5.74) is 4.38. The summed E-state index contributed by atoms with van der Waals surface area (Å²) in [5.74, 6) is 0. The molecule has 0 radical (unpaired) electrons. The molecule has 0 amide bonds. The Labute approximate surface area is 59.6 Å². The van der Waals surface area contributed by atoms with E-state index in [0.29, 0.717) is 0 Å². The Balaban J connectivity index is 2.85. The zero-order chi connectivity index (χ0) is 6.69. The average Bonchev–Trinajstić information content (AvgIpc) is 1.99. The Hall–Kier alpha value is -0.500. The van der Waals surface area contributed by atoms with Gasteiger partial charge in [-0.1, -0.05) is 11.8 Å². The van der Waals surface area contributed by atoms with Crippen LogP contribution in [0.3, 0.4) is 0 Å². The van der Waals surface area contributed by atoms with E-state index in [2.05, 4.69) is 24.2 Å². The van der Waals surface area contributed by atoms with Crippen molar-refractivity contribution in [3.8, 4) is 0 Å². The summed E-state index contributed by atoms with van der Waals surface area (Å²) in [4.78, 5) is 4.03. The molecule has 0 atom stereocenters. The number of allylic oxidation sites excluding steroid dienone is 2. The monoisotopic (exact) mass is 139 g/mol. The quantitative estimate of drug-likeness (QED) is 0.502. The van der Waals surface area contributed by atoms with Crippen LogP contribution >= 0.6 is 11.8 Å². The van der Waals surface area contributed by atoms with Gasteiger partial charge in [0.05, 0.1) is 5.55 Å². The maximum atomic E-state index is 4.03. The summed E-state index contributed by atoms with van der Waals surface area (Å²) < 4.78 is 0. The van der Waals surface area contributed by atoms with Crippen LogP contribution in [0.4, 0.5) is 0 Å². The fourth-order valence-electron chi connectivity index (χ4n) is 0.505. The van der Waals surface area contributed by atoms with E-state index in [9.17, 15) is 0 Å². The van der Waals surface area contributed by atoms with E-state index in [-0.39, 0.29) is 0 Å². The lowest BCUT2D eigenvalue weighted by Gasteiger charge is -1.93. The smallest absolute Gasteiger partial charge is 0.0638 e. The van der Waals surface area contributed by atoms with E-state index in [1.165, 1.54) is 11.1 Å². The SMILES string of the molecule is CC1=CN=CSC=C1C. The number of aliphatic imine (C=N–C) groups is 1. The third-order valence-corrected chi connectivity index (χ3v) is 1.99. The van der Waals surface area contributed by atoms with E-state index in [1.807, 2.05) is 11.7 Å². The average molecular weight is 139 g/mol. The highest BCUT2D eigenvalue weighted by molar-refractivity contribution is 8.14. The van der Waals surface area contributed by atoms with Crippen LogP contribution in [-0.2, 0) is 0 Å². The third kappa shape index (κ3) is 1.72. The highest BCUT2D eigenvalue weighted by Gasteiger charge is 1.92. The Morgan fingerprint density at radius 1 is 1.33 bits per heavy atom. The standard InChI is InChI=1S/C7H9NS/c1-6-3-8-5-9-4-7(6)2/h3-5H,1-2H3. The zero-order valence-corrected chi connectivity index (χ0v) is 6.40. The Morgan fingerprint density at radius 3 is 2.89 bits per heavy atom. The normalized spacial score (nSPS) is 18.4. The molecule has 1 aliphatic heterocycles. The van der Waals surface area contributed by atoms with Crippen molar-refractivity contribution in [3.63, 3.8) is 0 Å². The molecule has 0 unspecified atom stereocenters. The van der Waals surface area contributed by atoms with Gasteiger partial charge in [0.15, 0.2) is 0 Å². The molecule has 0 N–H and O–H groups in total. The molecule has 0 aliphatic carbocycles. The fraction of sp³-hybridized carbons (Fsp3) is 0.286. The van der Waals surface area contributed by atoms with E-state index < -0.39 is 0 Å². The van der Waals surface area contributed by atoms with Crippen molar-refractivity contribution in [2.75, 3.05) is 0 Å². The van der Waals surface area contributed by atoms with E-state index in [1.54, 1.807) is 11.8 Å². The van der Waals surface area contributed by atoms with Gasteiger partial charge < -0.3 is 0 Å². The molecular formula is C7H9NS. The fourth-order valence-corrected chi connectivity index (χ4v) is 1.09. The van der Waals surface area contributed by atoms with E-state index in [4.69, 9.17) is 0 Å². The number of hydrogen-bond acceptors (Lipinski definition) is 2. The Kier molecular flexibility index (Phi) is 2.11. The van der Waals surface area contributed by atoms with Crippen LogP contribution in [0.2, 0.25) is 0 Å². The minimum Gasteiger partial charge on any atom is -0.257 e. The second-order valence-electron chi connectivity index (χ2n) is 2.00. The van der Waals surface area contributed by atoms with E-state index >= 15 is 0 Å². The van der Waals surface area contributed by atoms with Crippen molar-refractivity contribution >= 4 is 17.3 Å².